The third kappa shape index (κ3) is 9.81. The molecule has 1 amide bonds. The van der Waals surface area contributed by atoms with Crippen molar-refractivity contribution in [1.29, 1.82) is 0 Å². The highest BCUT2D eigenvalue weighted by molar-refractivity contribution is 5.90. The van der Waals surface area contributed by atoms with Crippen LogP contribution >= 0.6 is 0 Å². The van der Waals surface area contributed by atoms with E-state index in [1.165, 1.54) is 20.1 Å². The largest absolute Gasteiger partial charge is 0.495 e. The van der Waals surface area contributed by atoms with Crippen molar-refractivity contribution in [2.24, 2.45) is 0 Å². The molecule has 3 aromatic rings. The first kappa shape index (κ1) is 27.1. The number of nitrogens with one attached hydrogen (secondary N) is 1. The molecule has 33 heavy (non-hydrogen) atoms. The van der Waals surface area contributed by atoms with Crippen LogP contribution in [0.5, 0.6) is 11.5 Å². The Bertz CT molecular complexity index is 997. The topological polar surface area (TPSA) is 120 Å². The van der Waals surface area contributed by atoms with Crippen LogP contribution in [0.1, 0.15) is 25.5 Å². The molecule has 0 bridgehead atoms. The number of carbonyl (C=O) groups excluding carboxylic acids is 1. The number of benzene rings is 3. The van der Waals surface area contributed by atoms with Crippen LogP contribution in [0.15, 0.2) is 78.9 Å². The van der Waals surface area contributed by atoms with Gasteiger partial charge in [0.1, 0.15) is 11.9 Å². The van der Waals surface area contributed by atoms with Crippen molar-refractivity contribution in [3.63, 3.8) is 0 Å². The van der Waals surface area contributed by atoms with Crippen LogP contribution in [-0.4, -0.2) is 30.3 Å². The van der Waals surface area contributed by atoms with E-state index in [0.717, 1.165) is 5.56 Å². The van der Waals surface area contributed by atoms with Crippen LogP contribution in [-0.2, 0) is 9.68 Å². The summed E-state index contributed by atoms with van der Waals surface area (Å²) < 4.78 is 9.80. The average molecular weight is 456 g/mol. The van der Waals surface area contributed by atoms with Gasteiger partial charge in [0.05, 0.1) is 24.8 Å². The number of nitrogens with zero attached hydrogens (tertiary/aromatic N) is 1. The number of carbonyl (C=O) groups is 1. The molecule has 0 heterocycles. The first-order chi connectivity index (χ1) is 15.8. The molecule has 0 aliphatic heterocycles. The van der Waals surface area contributed by atoms with Crippen molar-refractivity contribution < 1.29 is 29.3 Å². The fourth-order valence-electron chi connectivity index (χ4n) is 2.50. The molecule has 176 valence electrons. The summed E-state index contributed by atoms with van der Waals surface area (Å²) in [7, 11) is 2.98. The van der Waals surface area contributed by atoms with E-state index in [1.807, 2.05) is 42.5 Å². The second kappa shape index (κ2) is 15.0. The maximum atomic E-state index is 10.7. The second-order valence-electron chi connectivity index (χ2n) is 6.47. The molecule has 0 saturated carbocycles. The molecule has 3 aromatic carbocycles. The zero-order chi connectivity index (χ0) is 24.6. The van der Waals surface area contributed by atoms with Gasteiger partial charge in [0.2, 0.25) is 5.91 Å². The molecule has 9 heteroatoms. The van der Waals surface area contributed by atoms with E-state index in [-0.39, 0.29) is 23.4 Å². The highest BCUT2D eigenvalue weighted by Crippen LogP contribution is 2.25. The molecule has 0 spiro atoms. The molecule has 0 saturated heterocycles. The molecule has 1 atom stereocenters. The lowest BCUT2D eigenvalue weighted by molar-refractivity contribution is -0.385. The molecule has 3 rings (SSSR count). The molecule has 0 aliphatic rings. The molecule has 0 aromatic heterocycles. The molecule has 0 aliphatic carbocycles. The number of hydrogen-bond acceptors (Lipinski definition) is 7. The van der Waals surface area contributed by atoms with Gasteiger partial charge in [0.15, 0.2) is 5.75 Å². The maximum absolute atomic E-state index is 10.7. The van der Waals surface area contributed by atoms with E-state index in [4.69, 9.17) is 14.7 Å². The van der Waals surface area contributed by atoms with Crippen LogP contribution in [0, 0.1) is 10.1 Å². The Balaban J connectivity index is 0.000000249. The molecule has 0 fully saturated rings. The van der Waals surface area contributed by atoms with E-state index < -0.39 is 4.92 Å². The second-order valence-corrected chi connectivity index (χ2v) is 6.47. The zero-order valence-corrected chi connectivity index (χ0v) is 18.9. The van der Waals surface area contributed by atoms with E-state index >= 15 is 0 Å². The van der Waals surface area contributed by atoms with E-state index in [2.05, 4.69) is 10.2 Å². The standard InChI is InChI=1S/C9H11NO2.C8H10O2.C7H7NO3/c1-7(11)10-8-5-3-4-6-9(8)12-2;1-7(10-9)8-5-3-2-4-6-8;1-11-7-5-3-2-4-6(7)8(9)10/h3-6H,1-2H3,(H,10,11);2-7,9H,1H3;2-5H,1H3. The van der Waals surface area contributed by atoms with Crippen molar-refractivity contribution in [1.82, 2.24) is 0 Å². The minimum absolute atomic E-state index is 0.00463. The number of amides is 1. The van der Waals surface area contributed by atoms with Crippen LogP contribution in [0.2, 0.25) is 0 Å². The first-order valence-corrected chi connectivity index (χ1v) is 9.87. The van der Waals surface area contributed by atoms with Crippen molar-refractivity contribution in [2.75, 3.05) is 19.5 Å². The van der Waals surface area contributed by atoms with Gasteiger partial charge in [-0.25, -0.2) is 4.89 Å². The SMILES string of the molecule is CC(OO)c1ccccc1.COc1ccccc1NC(C)=O.COc1ccccc1[N+](=O)[O-]. The maximum Gasteiger partial charge on any atom is 0.310 e. The molecular weight excluding hydrogens is 428 g/mol. The first-order valence-electron chi connectivity index (χ1n) is 9.87. The molecule has 1 unspecified atom stereocenters. The summed E-state index contributed by atoms with van der Waals surface area (Å²) >= 11 is 0. The Morgan fingerprint density at radius 2 is 1.42 bits per heavy atom. The summed E-state index contributed by atoms with van der Waals surface area (Å²) in [5, 5.41) is 21.3. The number of nitro benzene ring substituents is 1. The number of anilines is 1. The Labute approximate surface area is 192 Å². The van der Waals surface area contributed by atoms with E-state index in [1.54, 1.807) is 44.4 Å². The van der Waals surface area contributed by atoms with Crippen LogP contribution in [0.3, 0.4) is 0 Å². The Kier molecular flexibility index (Phi) is 12.3. The molecule has 9 nitrogen and oxygen atoms in total. The average Bonchev–Trinajstić information content (AvgIpc) is 2.84. The van der Waals surface area contributed by atoms with Crippen molar-refractivity contribution in [3.8, 4) is 11.5 Å². The predicted molar refractivity (Wildman–Crippen MR) is 126 cm³/mol. The molecule has 0 radical (unpaired) electrons. The summed E-state index contributed by atoms with van der Waals surface area (Å²) in [5.74, 6) is 0.865. The van der Waals surface area contributed by atoms with Gasteiger partial charge in [0.25, 0.3) is 0 Å². The highest BCUT2D eigenvalue weighted by atomic mass is 17.1. The van der Waals surface area contributed by atoms with Crippen molar-refractivity contribution in [2.45, 2.75) is 20.0 Å². The van der Waals surface area contributed by atoms with Gasteiger partial charge in [-0.1, -0.05) is 54.6 Å². The number of hydrogen-bond donors (Lipinski definition) is 2. The Morgan fingerprint density at radius 3 is 1.91 bits per heavy atom. The molecule has 2 N–H and O–H groups in total. The van der Waals surface area contributed by atoms with Crippen LogP contribution in [0.4, 0.5) is 11.4 Å². The van der Waals surface area contributed by atoms with E-state index in [9.17, 15) is 14.9 Å². The van der Waals surface area contributed by atoms with Gasteiger partial charge in [-0.05, 0) is 30.7 Å². The van der Waals surface area contributed by atoms with Gasteiger partial charge in [-0.2, -0.15) is 0 Å². The Morgan fingerprint density at radius 1 is 0.909 bits per heavy atom. The lowest BCUT2D eigenvalue weighted by Crippen LogP contribution is -2.06. The van der Waals surface area contributed by atoms with Gasteiger partial charge in [0, 0.05) is 13.0 Å². The lowest BCUT2D eigenvalue weighted by Gasteiger charge is -2.07. The smallest absolute Gasteiger partial charge is 0.310 e. The predicted octanol–water partition coefficient (Wildman–Crippen LogP) is 5.49. The van der Waals surface area contributed by atoms with Gasteiger partial charge in [-0.15, -0.1) is 0 Å². The minimum Gasteiger partial charge on any atom is -0.495 e. The lowest BCUT2D eigenvalue weighted by atomic mass is 10.1. The fraction of sp³-hybridized carbons (Fsp3) is 0.208. The zero-order valence-electron chi connectivity index (χ0n) is 18.9. The third-order valence-corrected chi connectivity index (χ3v) is 4.13. The summed E-state index contributed by atoms with van der Waals surface area (Å²) in [4.78, 5) is 24.7. The number of para-hydroxylation sites is 4. The fourth-order valence-corrected chi connectivity index (χ4v) is 2.50. The summed E-state index contributed by atoms with van der Waals surface area (Å²) in [5.41, 5.74) is 1.67. The molecular formula is C24H28N2O7. The van der Waals surface area contributed by atoms with Gasteiger partial charge >= 0.3 is 5.69 Å². The summed E-state index contributed by atoms with van der Waals surface area (Å²) in [6.45, 7) is 3.25. The normalized spacial score (nSPS) is 10.3. The quantitative estimate of drug-likeness (QED) is 0.286. The van der Waals surface area contributed by atoms with Gasteiger partial charge < -0.3 is 14.8 Å². The highest BCUT2D eigenvalue weighted by Gasteiger charge is 2.11. The number of methoxy groups -OCH3 is 2. The summed E-state index contributed by atoms with van der Waals surface area (Å²) in [6.07, 6.45) is -0.235. The third-order valence-electron chi connectivity index (χ3n) is 4.13. The van der Waals surface area contributed by atoms with Gasteiger partial charge in [-0.3, -0.25) is 20.2 Å². The van der Waals surface area contributed by atoms with Crippen LogP contribution in [0.25, 0.3) is 0 Å². The monoisotopic (exact) mass is 456 g/mol. The number of ether oxygens (including phenoxy) is 2. The van der Waals surface area contributed by atoms with Crippen LogP contribution < -0.4 is 14.8 Å². The summed E-state index contributed by atoms with van der Waals surface area (Å²) in [6, 6.07) is 23.1. The van der Waals surface area contributed by atoms with Crippen molar-refractivity contribution in [3.05, 3.63) is 94.5 Å². The number of nitro groups is 1. The van der Waals surface area contributed by atoms with E-state index in [0.29, 0.717) is 11.4 Å². The number of rotatable bonds is 6. The minimum atomic E-state index is -0.473. The Hall–Kier alpha value is -3.95. The van der Waals surface area contributed by atoms with Crippen molar-refractivity contribution >= 4 is 17.3 Å².